The van der Waals surface area contributed by atoms with Crippen molar-refractivity contribution in [1.29, 1.82) is 0 Å². The van der Waals surface area contributed by atoms with Gasteiger partial charge in [-0.1, -0.05) is 29.4 Å². The highest BCUT2D eigenvalue weighted by molar-refractivity contribution is 7.98. The van der Waals surface area contributed by atoms with Gasteiger partial charge in [-0.25, -0.2) is 9.97 Å². The lowest BCUT2D eigenvalue weighted by molar-refractivity contribution is -0.384. The minimum Gasteiger partial charge on any atom is -0.258 e. The largest absolute Gasteiger partial charge is 0.288 e. The zero-order chi connectivity index (χ0) is 13.8. The highest BCUT2D eigenvalue weighted by Gasteiger charge is 2.12. The minimum absolute atomic E-state index is 0.0788. The van der Waals surface area contributed by atoms with Crippen LogP contribution in [0, 0.1) is 17.0 Å². The second-order valence-electron chi connectivity index (χ2n) is 3.81. The Morgan fingerprint density at radius 2 is 2.21 bits per heavy atom. The van der Waals surface area contributed by atoms with Crippen LogP contribution in [0.4, 0.5) is 5.69 Å². The summed E-state index contributed by atoms with van der Waals surface area (Å²) in [5.41, 5.74) is 1.62. The highest BCUT2D eigenvalue weighted by atomic mass is 35.5. The van der Waals surface area contributed by atoms with Gasteiger partial charge in [0.05, 0.1) is 4.92 Å². The Hall–Kier alpha value is -1.66. The molecule has 19 heavy (non-hydrogen) atoms. The topological polar surface area (TPSA) is 68.9 Å². The lowest BCUT2D eigenvalue weighted by Gasteiger charge is -2.02. The van der Waals surface area contributed by atoms with Crippen LogP contribution in [0.25, 0.3) is 0 Å². The number of nitro groups is 1. The van der Waals surface area contributed by atoms with Gasteiger partial charge in [-0.3, -0.25) is 10.1 Å². The first-order chi connectivity index (χ1) is 9.06. The van der Waals surface area contributed by atoms with Crippen molar-refractivity contribution in [2.24, 2.45) is 0 Å². The molecule has 0 bridgehead atoms. The number of nitrogens with zero attached hydrogens (tertiary/aromatic N) is 3. The van der Waals surface area contributed by atoms with Gasteiger partial charge >= 0.3 is 0 Å². The fraction of sp³-hybridized carbons (Fsp3) is 0.167. The monoisotopic (exact) mass is 295 g/mol. The first kappa shape index (κ1) is 13.8. The predicted octanol–water partition coefficient (Wildman–Crippen LogP) is 3.64. The third kappa shape index (κ3) is 3.65. The fourth-order valence-electron chi connectivity index (χ4n) is 1.43. The summed E-state index contributed by atoms with van der Waals surface area (Å²) in [5.74, 6) is 0.557. The number of aromatic nitrogens is 2. The Bertz CT molecular complexity index is 622. The van der Waals surface area contributed by atoms with Crippen LogP contribution in [0.3, 0.4) is 0 Å². The lowest BCUT2D eigenvalue weighted by atomic mass is 10.2. The number of aryl methyl sites for hydroxylation is 1. The van der Waals surface area contributed by atoms with Gasteiger partial charge in [-0.05, 0) is 24.6 Å². The molecule has 0 aliphatic rings. The normalized spacial score (nSPS) is 10.4. The summed E-state index contributed by atoms with van der Waals surface area (Å²) in [4.78, 5) is 18.7. The van der Waals surface area contributed by atoms with E-state index in [1.807, 2.05) is 13.0 Å². The second-order valence-corrected chi connectivity index (χ2v) is 5.16. The maximum Gasteiger partial charge on any atom is 0.288 e. The van der Waals surface area contributed by atoms with Crippen LogP contribution >= 0.6 is 23.4 Å². The first-order valence-corrected chi connectivity index (χ1v) is 6.78. The van der Waals surface area contributed by atoms with Crippen molar-refractivity contribution in [2.75, 3.05) is 0 Å². The molecule has 0 fully saturated rings. The number of rotatable bonds is 4. The van der Waals surface area contributed by atoms with Crippen molar-refractivity contribution >= 4 is 29.1 Å². The molecule has 0 saturated heterocycles. The summed E-state index contributed by atoms with van der Waals surface area (Å²) >= 11 is 7.18. The molecule has 0 aliphatic heterocycles. The Morgan fingerprint density at radius 1 is 1.42 bits per heavy atom. The first-order valence-electron chi connectivity index (χ1n) is 5.41. The lowest BCUT2D eigenvalue weighted by Crippen LogP contribution is -1.92. The van der Waals surface area contributed by atoms with Crippen molar-refractivity contribution in [3.63, 3.8) is 0 Å². The fourth-order valence-corrected chi connectivity index (χ4v) is 2.44. The van der Waals surface area contributed by atoms with Gasteiger partial charge < -0.3 is 0 Å². The van der Waals surface area contributed by atoms with Gasteiger partial charge in [0.25, 0.3) is 5.69 Å². The van der Waals surface area contributed by atoms with E-state index in [1.165, 1.54) is 23.9 Å². The van der Waals surface area contributed by atoms with Crippen molar-refractivity contribution < 1.29 is 4.92 Å². The summed E-state index contributed by atoms with van der Waals surface area (Å²) in [6.45, 7) is 1.89. The average Bonchev–Trinajstić information content (AvgIpc) is 2.37. The number of benzene rings is 1. The zero-order valence-electron chi connectivity index (χ0n) is 10.0. The molecule has 1 heterocycles. The molecule has 2 aromatic rings. The Kier molecular flexibility index (Phi) is 4.34. The van der Waals surface area contributed by atoms with E-state index in [0.717, 1.165) is 11.3 Å². The summed E-state index contributed by atoms with van der Waals surface area (Å²) < 4.78 is 0. The third-order valence-electron chi connectivity index (χ3n) is 2.35. The number of thioether (sulfide) groups is 1. The molecule has 1 aromatic carbocycles. The van der Waals surface area contributed by atoms with E-state index in [9.17, 15) is 10.1 Å². The Labute approximate surface area is 119 Å². The number of hydrogen-bond acceptors (Lipinski definition) is 5. The molecule has 0 amide bonds. The zero-order valence-corrected chi connectivity index (χ0v) is 11.6. The van der Waals surface area contributed by atoms with Gasteiger partial charge in [0, 0.05) is 23.7 Å². The molecular formula is C12H10ClN3O2S. The summed E-state index contributed by atoms with van der Waals surface area (Å²) in [6.07, 6.45) is 1.69. The molecule has 0 spiro atoms. The van der Waals surface area contributed by atoms with Crippen molar-refractivity contribution in [1.82, 2.24) is 9.97 Å². The van der Waals surface area contributed by atoms with E-state index >= 15 is 0 Å². The van der Waals surface area contributed by atoms with E-state index < -0.39 is 4.92 Å². The minimum atomic E-state index is -0.486. The van der Waals surface area contributed by atoms with Crippen LogP contribution in [-0.4, -0.2) is 14.9 Å². The van der Waals surface area contributed by atoms with Crippen LogP contribution in [-0.2, 0) is 5.75 Å². The van der Waals surface area contributed by atoms with Crippen LogP contribution in [0.2, 0.25) is 5.02 Å². The molecule has 5 nitrogen and oxygen atoms in total. The van der Waals surface area contributed by atoms with Crippen LogP contribution in [0.15, 0.2) is 35.6 Å². The van der Waals surface area contributed by atoms with Crippen LogP contribution in [0.1, 0.15) is 11.3 Å². The van der Waals surface area contributed by atoms with Gasteiger partial charge in [0.1, 0.15) is 5.02 Å². The molecule has 98 valence electrons. The molecular weight excluding hydrogens is 286 g/mol. The quantitative estimate of drug-likeness (QED) is 0.373. The van der Waals surface area contributed by atoms with E-state index in [2.05, 4.69) is 9.97 Å². The van der Waals surface area contributed by atoms with Gasteiger partial charge in [-0.2, -0.15) is 0 Å². The van der Waals surface area contributed by atoms with E-state index in [-0.39, 0.29) is 10.7 Å². The van der Waals surface area contributed by atoms with Crippen molar-refractivity contribution in [3.05, 3.63) is 56.9 Å². The van der Waals surface area contributed by atoms with Gasteiger partial charge in [0.15, 0.2) is 5.16 Å². The van der Waals surface area contributed by atoms with Gasteiger partial charge in [-0.15, -0.1) is 0 Å². The molecule has 1 aromatic heterocycles. The van der Waals surface area contributed by atoms with Crippen molar-refractivity contribution in [2.45, 2.75) is 17.8 Å². The van der Waals surface area contributed by atoms with Gasteiger partial charge in [0.2, 0.25) is 0 Å². The Balaban J connectivity index is 2.12. The number of hydrogen-bond donors (Lipinski definition) is 0. The molecule has 0 atom stereocenters. The molecule has 0 N–H and O–H groups in total. The second kappa shape index (κ2) is 5.99. The maximum absolute atomic E-state index is 10.8. The van der Waals surface area contributed by atoms with Crippen molar-refractivity contribution in [3.8, 4) is 0 Å². The average molecular weight is 296 g/mol. The van der Waals surface area contributed by atoms with E-state index in [0.29, 0.717) is 10.9 Å². The molecule has 0 radical (unpaired) electrons. The molecule has 0 saturated carbocycles. The van der Waals surface area contributed by atoms with Crippen LogP contribution < -0.4 is 0 Å². The summed E-state index contributed by atoms with van der Waals surface area (Å²) in [5, 5.41) is 11.6. The molecule has 0 unspecified atom stereocenters. The maximum atomic E-state index is 10.8. The predicted molar refractivity (Wildman–Crippen MR) is 74.4 cm³/mol. The molecule has 0 aliphatic carbocycles. The number of halogens is 1. The number of nitro benzene ring substituents is 1. The molecule has 7 heteroatoms. The standard InChI is InChI=1S/C12H10ClN3O2S/c1-8-4-5-14-12(15-8)19-7-9-2-3-10(13)11(6-9)16(17)18/h2-6H,7H2,1H3. The summed E-state index contributed by atoms with van der Waals surface area (Å²) in [7, 11) is 0. The summed E-state index contributed by atoms with van der Waals surface area (Å²) in [6, 6.07) is 6.59. The highest BCUT2D eigenvalue weighted by Crippen LogP contribution is 2.28. The van der Waals surface area contributed by atoms with Crippen LogP contribution in [0.5, 0.6) is 0 Å². The van der Waals surface area contributed by atoms with E-state index in [4.69, 9.17) is 11.6 Å². The molecule has 2 rings (SSSR count). The Morgan fingerprint density at radius 3 is 2.89 bits per heavy atom. The van der Waals surface area contributed by atoms with E-state index in [1.54, 1.807) is 12.3 Å². The smallest absolute Gasteiger partial charge is 0.258 e. The SMILES string of the molecule is Cc1ccnc(SCc2ccc(Cl)c([N+](=O)[O-])c2)n1. The third-order valence-corrected chi connectivity index (χ3v) is 3.60.